The molecule has 1 heterocycles. The predicted molar refractivity (Wildman–Crippen MR) is 83.7 cm³/mol. The van der Waals surface area contributed by atoms with Gasteiger partial charge < -0.3 is 4.90 Å². The molecule has 1 fully saturated rings. The maximum atomic E-state index is 12.2. The van der Waals surface area contributed by atoms with Gasteiger partial charge in [0.05, 0.1) is 16.1 Å². The van der Waals surface area contributed by atoms with Gasteiger partial charge in [-0.25, -0.2) is 0 Å². The first kappa shape index (κ1) is 15.8. The fourth-order valence-electron chi connectivity index (χ4n) is 2.45. The summed E-state index contributed by atoms with van der Waals surface area (Å²) in [5, 5.41) is 1.01. The van der Waals surface area contributed by atoms with E-state index >= 15 is 0 Å². The van der Waals surface area contributed by atoms with E-state index in [1.165, 1.54) is 0 Å². The van der Waals surface area contributed by atoms with Crippen molar-refractivity contribution in [2.45, 2.75) is 25.8 Å². The van der Waals surface area contributed by atoms with Crippen LogP contribution < -0.4 is 0 Å². The average molecular weight is 334 g/mol. The van der Waals surface area contributed by atoms with Crippen LogP contribution in [0.2, 0.25) is 10.0 Å². The Morgan fingerprint density at radius 2 is 2.15 bits per heavy atom. The van der Waals surface area contributed by atoms with Crippen LogP contribution >= 0.6 is 23.2 Å². The van der Waals surface area contributed by atoms with E-state index in [1.54, 1.807) is 6.07 Å². The third-order valence-corrected chi connectivity index (χ3v) is 5.46. The van der Waals surface area contributed by atoms with Crippen LogP contribution in [-0.2, 0) is 15.6 Å². The van der Waals surface area contributed by atoms with Crippen molar-refractivity contribution in [1.29, 1.82) is 0 Å². The van der Waals surface area contributed by atoms with E-state index in [0.29, 0.717) is 22.3 Å². The van der Waals surface area contributed by atoms with Crippen molar-refractivity contribution in [2.24, 2.45) is 0 Å². The van der Waals surface area contributed by atoms with Gasteiger partial charge in [-0.1, -0.05) is 36.2 Å². The number of hydrogen-bond acceptors (Lipinski definition) is 2. The normalized spacial score (nSPS) is 20.1. The minimum atomic E-state index is -1.07. The lowest BCUT2D eigenvalue weighted by atomic mass is 10.0. The van der Waals surface area contributed by atoms with Gasteiger partial charge in [-0.05, 0) is 30.5 Å². The van der Waals surface area contributed by atoms with Crippen LogP contribution in [0.3, 0.4) is 0 Å². The van der Waals surface area contributed by atoms with Gasteiger partial charge in [-0.15, -0.1) is 0 Å². The first-order valence-electron chi connectivity index (χ1n) is 6.62. The zero-order chi connectivity index (χ0) is 14.7. The number of likely N-dealkylation sites (tertiary alicyclic amines) is 1. The minimum absolute atomic E-state index is 0.0196. The zero-order valence-electron chi connectivity index (χ0n) is 11.3. The van der Waals surface area contributed by atoms with Crippen molar-refractivity contribution in [3.8, 4) is 0 Å². The third-order valence-electron chi connectivity index (χ3n) is 3.51. The number of rotatable bonds is 4. The van der Waals surface area contributed by atoms with Gasteiger partial charge in [0.1, 0.15) is 5.75 Å². The van der Waals surface area contributed by atoms with E-state index in [9.17, 15) is 9.00 Å². The van der Waals surface area contributed by atoms with Crippen LogP contribution in [0, 0.1) is 0 Å². The second-order valence-corrected chi connectivity index (χ2v) is 7.35. The second kappa shape index (κ2) is 6.92. The molecule has 0 N–H and O–H groups in total. The van der Waals surface area contributed by atoms with Crippen LogP contribution in [0.1, 0.15) is 31.4 Å². The minimum Gasteiger partial charge on any atom is -0.335 e. The van der Waals surface area contributed by atoms with E-state index in [0.717, 1.165) is 18.4 Å². The molecular formula is C14H17Cl2NO2S. The van der Waals surface area contributed by atoms with Crippen molar-refractivity contribution in [3.63, 3.8) is 0 Å². The smallest absolute Gasteiger partial charge is 0.235 e. The highest BCUT2D eigenvalue weighted by Crippen LogP contribution is 2.35. The summed E-state index contributed by atoms with van der Waals surface area (Å²) >= 11 is 12.0. The number of carbonyl (C=O) groups is 1. The first-order chi connectivity index (χ1) is 9.52. The molecule has 0 saturated carbocycles. The van der Waals surface area contributed by atoms with Crippen molar-refractivity contribution < 1.29 is 9.00 Å². The van der Waals surface area contributed by atoms with Gasteiger partial charge in [-0.2, -0.15) is 0 Å². The number of benzene rings is 1. The van der Waals surface area contributed by atoms with Crippen molar-refractivity contribution >= 4 is 39.9 Å². The molecule has 1 aromatic carbocycles. The molecule has 1 aliphatic heterocycles. The van der Waals surface area contributed by atoms with Gasteiger partial charge in [0, 0.05) is 23.1 Å². The van der Waals surface area contributed by atoms with Gasteiger partial charge in [0.2, 0.25) is 5.91 Å². The van der Waals surface area contributed by atoms with E-state index in [1.807, 2.05) is 24.0 Å². The monoisotopic (exact) mass is 333 g/mol. The molecule has 2 rings (SSSR count). The summed E-state index contributed by atoms with van der Waals surface area (Å²) < 4.78 is 11.5. The zero-order valence-corrected chi connectivity index (χ0v) is 13.6. The predicted octanol–water partition coefficient (Wildman–Crippen LogP) is 3.43. The molecule has 0 radical (unpaired) electrons. The molecule has 0 aliphatic carbocycles. The average Bonchev–Trinajstić information content (AvgIpc) is 2.91. The number of halogens is 2. The van der Waals surface area contributed by atoms with E-state index in [-0.39, 0.29) is 17.7 Å². The van der Waals surface area contributed by atoms with Crippen LogP contribution in [-0.4, -0.2) is 33.1 Å². The molecule has 0 unspecified atom stereocenters. The lowest BCUT2D eigenvalue weighted by molar-refractivity contribution is -0.129. The molecule has 3 nitrogen and oxygen atoms in total. The largest absolute Gasteiger partial charge is 0.335 e. The van der Waals surface area contributed by atoms with E-state index in [4.69, 9.17) is 23.2 Å². The van der Waals surface area contributed by atoms with Gasteiger partial charge >= 0.3 is 0 Å². The maximum Gasteiger partial charge on any atom is 0.235 e. The molecular weight excluding hydrogens is 317 g/mol. The highest BCUT2D eigenvalue weighted by molar-refractivity contribution is 7.85. The van der Waals surface area contributed by atoms with Crippen LogP contribution in [0.4, 0.5) is 0 Å². The lowest BCUT2D eigenvalue weighted by Gasteiger charge is -2.25. The summed E-state index contributed by atoms with van der Waals surface area (Å²) in [7, 11) is -1.07. The Kier molecular flexibility index (Phi) is 5.47. The third kappa shape index (κ3) is 3.54. The summed E-state index contributed by atoms with van der Waals surface area (Å²) in [5.41, 5.74) is 0.993. The van der Waals surface area contributed by atoms with Gasteiger partial charge in [0.25, 0.3) is 0 Å². The summed E-state index contributed by atoms with van der Waals surface area (Å²) in [6.45, 7) is 2.54. The summed E-state index contributed by atoms with van der Waals surface area (Å²) in [5.74, 6) is 0.574. The van der Waals surface area contributed by atoms with Crippen LogP contribution in [0.5, 0.6) is 0 Å². The van der Waals surface area contributed by atoms with Crippen molar-refractivity contribution in [2.75, 3.05) is 18.1 Å². The first-order valence-corrected chi connectivity index (χ1v) is 8.86. The molecule has 1 aromatic rings. The number of nitrogens with zero attached hydrogens (tertiary/aromatic N) is 1. The summed E-state index contributed by atoms with van der Waals surface area (Å²) in [6, 6.07) is 5.49. The molecule has 1 aliphatic rings. The Labute approximate surface area is 131 Å². The Morgan fingerprint density at radius 3 is 2.80 bits per heavy atom. The SMILES string of the molecule is CC[S@](=O)CC(=O)N1CCC[C@H]1c1ccc(Cl)c(Cl)c1. The molecule has 110 valence electrons. The maximum absolute atomic E-state index is 12.2. The topological polar surface area (TPSA) is 37.4 Å². The Balaban J connectivity index is 2.16. The molecule has 0 spiro atoms. The number of amides is 1. The van der Waals surface area contributed by atoms with E-state index < -0.39 is 10.8 Å². The molecule has 0 aromatic heterocycles. The Morgan fingerprint density at radius 1 is 1.40 bits per heavy atom. The van der Waals surface area contributed by atoms with Gasteiger partial charge in [0.15, 0.2) is 0 Å². The van der Waals surface area contributed by atoms with Crippen LogP contribution in [0.15, 0.2) is 18.2 Å². The summed E-state index contributed by atoms with van der Waals surface area (Å²) in [6.07, 6.45) is 1.86. The molecule has 6 heteroatoms. The number of hydrogen-bond donors (Lipinski definition) is 0. The fourth-order valence-corrected chi connectivity index (χ4v) is 3.41. The highest BCUT2D eigenvalue weighted by Gasteiger charge is 2.30. The molecule has 20 heavy (non-hydrogen) atoms. The summed E-state index contributed by atoms with van der Waals surface area (Å²) in [4.78, 5) is 14.0. The van der Waals surface area contributed by atoms with Crippen molar-refractivity contribution in [3.05, 3.63) is 33.8 Å². The van der Waals surface area contributed by atoms with Gasteiger partial charge in [-0.3, -0.25) is 9.00 Å². The van der Waals surface area contributed by atoms with Crippen molar-refractivity contribution in [1.82, 2.24) is 4.90 Å². The standard InChI is InChI=1S/C14H17Cl2NO2S/c1-2-20(19)9-14(18)17-7-3-4-13(17)10-5-6-11(15)12(16)8-10/h5-6,8,13H,2-4,7,9H2,1H3/t13-,20-/m0/s1. The highest BCUT2D eigenvalue weighted by atomic mass is 35.5. The Hall–Kier alpha value is -0.580. The second-order valence-electron chi connectivity index (χ2n) is 4.79. The Bertz CT molecular complexity index is 536. The molecule has 1 amide bonds. The quantitative estimate of drug-likeness (QED) is 0.846. The van der Waals surface area contributed by atoms with E-state index in [2.05, 4.69) is 0 Å². The number of carbonyl (C=O) groups excluding carboxylic acids is 1. The molecule has 0 bridgehead atoms. The molecule has 1 saturated heterocycles. The lowest BCUT2D eigenvalue weighted by Crippen LogP contribution is -2.34. The fraction of sp³-hybridized carbons (Fsp3) is 0.500. The van der Waals surface area contributed by atoms with Crippen LogP contribution in [0.25, 0.3) is 0 Å². The molecule has 2 atom stereocenters.